The molecule has 2 amide bonds. The molecule has 0 saturated heterocycles. The zero-order chi connectivity index (χ0) is 24.8. The number of thioether (sulfide) groups is 1. The van der Waals surface area contributed by atoms with Crippen molar-refractivity contribution in [2.45, 2.75) is 12.5 Å². The number of oxazole rings is 1. The minimum absolute atomic E-state index is 0.369. The van der Waals surface area contributed by atoms with Gasteiger partial charge in [-0.25, -0.2) is 4.79 Å². The highest BCUT2D eigenvalue weighted by molar-refractivity contribution is 7.98. The second-order valence-electron chi connectivity index (χ2n) is 7.64. The van der Waals surface area contributed by atoms with Gasteiger partial charge in [-0.3, -0.25) is 14.6 Å². The summed E-state index contributed by atoms with van der Waals surface area (Å²) in [4.78, 5) is 39.5. The Morgan fingerprint density at radius 3 is 2.86 bits per heavy atom. The minimum atomic E-state index is -0.756. The molecule has 0 bridgehead atoms. The third-order valence-corrected chi connectivity index (χ3v) is 5.85. The normalized spacial score (nSPS) is 13.5. The van der Waals surface area contributed by atoms with Gasteiger partial charge in [0.2, 0.25) is 17.6 Å². The van der Waals surface area contributed by atoms with E-state index in [-0.39, 0.29) is 5.91 Å². The quantitative estimate of drug-likeness (QED) is 0.383. The second kappa shape index (κ2) is 11.0. The molecule has 2 aromatic carbocycles. The van der Waals surface area contributed by atoms with E-state index in [2.05, 4.69) is 15.6 Å². The number of benzene rings is 2. The van der Waals surface area contributed by atoms with E-state index in [0.29, 0.717) is 65.0 Å². The van der Waals surface area contributed by atoms with Gasteiger partial charge >= 0.3 is 5.76 Å². The van der Waals surface area contributed by atoms with Crippen molar-refractivity contribution in [3.8, 4) is 17.2 Å². The zero-order valence-corrected chi connectivity index (χ0v) is 20.0. The Labute approximate surface area is 205 Å². The summed E-state index contributed by atoms with van der Waals surface area (Å²) in [5, 5.41) is 5.54. The van der Waals surface area contributed by atoms with Gasteiger partial charge in [0.15, 0.2) is 17.1 Å². The van der Waals surface area contributed by atoms with Crippen LogP contribution in [0, 0.1) is 0 Å². The predicted molar refractivity (Wildman–Crippen MR) is 133 cm³/mol. The van der Waals surface area contributed by atoms with Crippen LogP contribution in [0.3, 0.4) is 0 Å². The molecule has 3 N–H and O–H groups in total. The number of carbonyl (C=O) groups is 2. The molecule has 1 unspecified atom stereocenters. The Bertz CT molecular complexity index is 1300. The van der Waals surface area contributed by atoms with Crippen LogP contribution in [0.5, 0.6) is 17.2 Å². The van der Waals surface area contributed by atoms with Crippen LogP contribution in [0.1, 0.15) is 12.0 Å². The standard InChI is InChI=1S/C24H25N3O7S/c1-31-19-11-14(12-20-22(19)33-9-8-32-20)3-6-21(28)26-16(7-10-35-2)23(29)25-15-4-5-18-17(13-15)27-24(30)34-18/h3-6,11-13,16H,7-10H2,1-2H3,(H,25,29)(H,26,28)(H,27,30)/b6-3+. The number of hydrogen-bond acceptors (Lipinski definition) is 8. The van der Waals surface area contributed by atoms with Crippen LogP contribution in [-0.4, -0.2) is 55.2 Å². The molecule has 3 aromatic rings. The molecule has 1 atom stereocenters. The minimum Gasteiger partial charge on any atom is -0.493 e. The third kappa shape index (κ3) is 5.99. The van der Waals surface area contributed by atoms with E-state index in [1.807, 2.05) is 6.26 Å². The molecule has 2 heterocycles. The van der Waals surface area contributed by atoms with Crippen LogP contribution in [0.4, 0.5) is 5.69 Å². The Morgan fingerprint density at radius 1 is 1.23 bits per heavy atom. The number of amides is 2. The maximum atomic E-state index is 12.9. The molecule has 35 heavy (non-hydrogen) atoms. The average molecular weight is 500 g/mol. The molecule has 1 aromatic heterocycles. The van der Waals surface area contributed by atoms with E-state index in [1.165, 1.54) is 13.2 Å². The lowest BCUT2D eigenvalue weighted by molar-refractivity contribution is -0.123. The highest BCUT2D eigenvalue weighted by atomic mass is 32.2. The first-order chi connectivity index (χ1) is 17.0. The number of hydrogen-bond donors (Lipinski definition) is 3. The fourth-order valence-corrected chi connectivity index (χ4v) is 4.02. The van der Waals surface area contributed by atoms with Crippen LogP contribution in [0.25, 0.3) is 17.2 Å². The zero-order valence-electron chi connectivity index (χ0n) is 19.2. The lowest BCUT2D eigenvalue weighted by Gasteiger charge is -2.21. The fraction of sp³-hybridized carbons (Fsp3) is 0.292. The largest absolute Gasteiger partial charge is 0.493 e. The molecular weight excluding hydrogens is 474 g/mol. The van der Waals surface area contributed by atoms with Gasteiger partial charge in [-0.1, -0.05) is 0 Å². The van der Waals surface area contributed by atoms with Gasteiger partial charge in [0.05, 0.1) is 12.6 Å². The van der Waals surface area contributed by atoms with Gasteiger partial charge in [-0.2, -0.15) is 11.8 Å². The van der Waals surface area contributed by atoms with E-state index in [9.17, 15) is 14.4 Å². The van der Waals surface area contributed by atoms with Crippen molar-refractivity contribution >= 4 is 46.4 Å². The van der Waals surface area contributed by atoms with Crippen molar-refractivity contribution in [1.82, 2.24) is 10.3 Å². The molecule has 1 aliphatic heterocycles. The van der Waals surface area contributed by atoms with Crippen molar-refractivity contribution in [3.63, 3.8) is 0 Å². The van der Waals surface area contributed by atoms with Crippen LogP contribution < -0.4 is 30.6 Å². The average Bonchev–Trinajstić information content (AvgIpc) is 3.23. The van der Waals surface area contributed by atoms with Crippen molar-refractivity contribution in [2.24, 2.45) is 0 Å². The van der Waals surface area contributed by atoms with Crippen LogP contribution >= 0.6 is 11.8 Å². The number of methoxy groups -OCH3 is 1. The van der Waals surface area contributed by atoms with Gasteiger partial charge in [-0.05, 0) is 60.4 Å². The Morgan fingerprint density at radius 2 is 2.06 bits per heavy atom. The van der Waals surface area contributed by atoms with Crippen LogP contribution in [0.15, 0.2) is 45.6 Å². The summed E-state index contributed by atoms with van der Waals surface area (Å²) in [5.41, 5.74) is 2.02. The number of carbonyl (C=O) groups excluding carboxylic acids is 2. The van der Waals surface area contributed by atoms with Gasteiger partial charge in [-0.15, -0.1) is 0 Å². The van der Waals surface area contributed by atoms with Crippen molar-refractivity contribution in [2.75, 3.05) is 37.6 Å². The van der Waals surface area contributed by atoms with E-state index < -0.39 is 17.7 Å². The molecule has 1 aliphatic rings. The molecule has 0 aliphatic carbocycles. The number of fused-ring (bicyclic) bond motifs is 2. The van der Waals surface area contributed by atoms with Crippen LogP contribution in [0.2, 0.25) is 0 Å². The van der Waals surface area contributed by atoms with Gasteiger partial charge in [0, 0.05) is 11.8 Å². The molecule has 0 saturated carbocycles. The summed E-state index contributed by atoms with van der Waals surface area (Å²) >= 11 is 1.57. The number of nitrogens with one attached hydrogen (secondary N) is 3. The highest BCUT2D eigenvalue weighted by Gasteiger charge is 2.21. The maximum Gasteiger partial charge on any atom is 0.417 e. The van der Waals surface area contributed by atoms with Crippen LogP contribution in [-0.2, 0) is 9.59 Å². The lowest BCUT2D eigenvalue weighted by Crippen LogP contribution is -2.43. The Hall–Kier alpha value is -3.86. The number of ether oxygens (including phenoxy) is 3. The Kier molecular flexibility index (Phi) is 7.66. The molecule has 0 spiro atoms. The topological polar surface area (TPSA) is 132 Å². The highest BCUT2D eigenvalue weighted by Crippen LogP contribution is 2.40. The SMILES string of the molecule is COc1cc(/C=C/C(=O)NC(CCSC)C(=O)Nc2ccc3oc(=O)[nH]c3c2)cc2c1OCCO2. The van der Waals surface area contributed by atoms with E-state index in [1.54, 1.807) is 48.2 Å². The molecule has 11 heteroatoms. The first-order valence-electron chi connectivity index (χ1n) is 10.9. The smallest absolute Gasteiger partial charge is 0.417 e. The number of anilines is 1. The Balaban J connectivity index is 1.44. The summed E-state index contributed by atoms with van der Waals surface area (Å²) in [6.07, 6.45) is 5.33. The summed E-state index contributed by atoms with van der Waals surface area (Å²) in [7, 11) is 1.53. The van der Waals surface area contributed by atoms with E-state index in [4.69, 9.17) is 18.6 Å². The number of aromatic nitrogens is 1. The van der Waals surface area contributed by atoms with Crippen molar-refractivity contribution in [1.29, 1.82) is 0 Å². The van der Waals surface area contributed by atoms with Crippen molar-refractivity contribution < 1.29 is 28.2 Å². The van der Waals surface area contributed by atoms with Gasteiger partial charge in [0.25, 0.3) is 0 Å². The number of H-pyrrole nitrogens is 1. The summed E-state index contributed by atoms with van der Waals surface area (Å²) in [5.74, 6) is 0.902. The molecule has 0 radical (unpaired) electrons. The number of aromatic amines is 1. The monoisotopic (exact) mass is 499 g/mol. The molecular formula is C24H25N3O7S. The predicted octanol–water partition coefficient (Wildman–Crippen LogP) is 2.79. The van der Waals surface area contributed by atoms with Gasteiger partial charge in [0.1, 0.15) is 19.3 Å². The second-order valence-corrected chi connectivity index (χ2v) is 8.62. The number of rotatable bonds is 9. The molecule has 0 fully saturated rings. The van der Waals surface area contributed by atoms with Crippen molar-refractivity contribution in [3.05, 3.63) is 52.5 Å². The summed E-state index contributed by atoms with van der Waals surface area (Å²) < 4.78 is 21.6. The summed E-state index contributed by atoms with van der Waals surface area (Å²) in [6.45, 7) is 0.869. The fourth-order valence-electron chi connectivity index (χ4n) is 3.55. The third-order valence-electron chi connectivity index (χ3n) is 5.21. The first-order valence-corrected chi connectivity index (χ1v) is 12.2. The van der Waals surface area contributed by atoms with E-state index in [0.717, 1.165) is 0 Å². The molecule has 10 nitrogen and oxygen atoms in total. The maximum absolute atomic E-state index is 12.9. The lowest BCUT2D eigenvalue weighted by atomic mass is 10.1. The molecule has 184 valence electrons. The first kappa shape index (κ1) is 24.3. The molecule has 4 rings (SSSR count). The van der Waals surface area contributed by atoms with Gasteiger partial charge < -0.3 is 29.3 Å². The van der Waals surface area contributed by atoms with E-state index >= 15 is 0 Å². The summed E-state index contributed by atoms with van der Waals surface area (Å²) in [6, 6.07) is 7.55.